The lowest BCUT2D eigenvalue weighted by Gasteiger charge is -2.13. The molecule has 0 radical (unpaired) electrons. The van der Waals surface area contributed by atoms with Crippen LogP contribution in [0.15, 0.2) is 24.3 Å². The number of carbonyl (C=O) groups is 2. The number of hydrogen-bond acceptors (Lipinski definition) is 2. The third-order valence-electron chi connectivity index (χ3n) is 2.63. The maximum absolute atomic E-state index is 11.4. The molecule has 0 heterocycles. The molecule has 18 heavy (non-hydrogen) atoms. The minimum atomic E-state index is -0.999. The van der Waals surface area contributed by atoms with Crippen molar-refractivity contribution in [1.29, 1.82) is 0 Å². The first kappa shape index (κ1) is 14.6. The van der Waals surface area contributed by atoms with Crippen LogP contribution in [-0.4, -0.2) is 16.9 Å². The van der Waals surface area contributed by atoms with Crippen molar-refractivity contribution in [2.45, 2.75) is 25.1 Å². The minimum Gasteiger partial charge on any atom is -0.478 e. The fraction of sp³-hybridized carbons (Fsp3) is 0.286. The van der Waals surface area contributed by atoms with E-state index in [1.807, 2.05) is 25.1 Å². The quantitative estimate of drug-likeness (QED) is 0.670. The molecule has 0 aliphatic rings. The van der Waals surface area contributed by atoms with E-state index >= 15 is 0 Å². The Balaban J connectivity index is 3.33. The average molecular weight is 311 g/mol. The predicted octanol–water partition coefficient (Wildman–Crippen LogP) is 3.37. The number of ketones is 1. The van der Waals surface area contributed by atoms with Crippen molar-refractivity contribution in [3.63, 3.8) is 0 Å². The number of rotatable bonds is 5. The van der Waals surface area contributed by atoms with Gasteiger partial charge in [-0.3, -0.25) is 4.79 Å². The van der Waals surface area contributed by atoms with Gasteiger partial charge in [0.1, 0.15) is 5.78 Å². The second-order valence-electron chi connectivity index (χ2n) is 3.92. The van der Waals surface area contributed by atoms with E-state index in [0.29, 0.717) is 0 Å². The van der Waals surface area contributed by atoms with Gasteiger partial charge in [-0.25, -0.2) is 4.79 Å². The molecule has 0 aliphatic carbocycles. The van der Waals surface area contributed by atoms with E-state index in [1.165, 1.54) is 6.92 Å². The van der Waals surface area contributed by atoms with Crippen molar-refractivity contribution < 1.29 is 14.7 Å². The maximum atomic E-state index is 11.4. The normalized spacial score (nSPS) is 12.6. The zero-order valence-corrected chi connectivity index (χ0v) is 11.9. The van der Waals surface area contributed by atoms with E-state index in [1.54, 1.807) is 6.08 Å². The molecule has 1 unspecified atom stereocenters. The number of carboxylic acids is 1. The Morgan fingerprint density at radius 3 is 2.61 bits per heavy atom. The third-order valence-corrected chi connectivity index (χ3v) is 3.77. The first-order valence-electron chi connectivity index (χ1n) is 5.64. The first-order valence-corrected chi connectivity index (χ1v) is 6.56. The zero-order chi connectivity index (χ0) is 13.7. The van der Waals surface area contributed by atoms with Gasteiger partial charge >= 0.3 is 5.97 Å². The number of aliphatic carboxylic acids is 1. The summed E-state index contributed by atoms with van der Waals surface area (Å²) in [6, 6.07) is 5.65. The Morgan fingerprint density at radius 2 is 2.11 bits per heavy atom. The molecule has 0 spiro atoms. The number of alkyl halides is 1. The number of aryl methyl sites for hydroxylation is 1. The van der Waals surface area contributed by atoms with Crippen LogP contribution in [0.4, 0.5) is 0 Å². The van der Waals surface area contributed by atoms with Crippen LogP contribution in [0.25, 0.3) is 6.08 Å². The van der Waals surface area contributed by atoms with Gasteiger partial charge < -0.3 is 5.11 Å². The highest BCUT2D eigenvalue weighted by Gasteiger charge is 2.17. The molecule has 0 aliphatic heterocycles. The highest BCUT2D eigenvalue weighted by Crippen LogP contribution is 2.30. The van der Waals surface area contributed by atoms with Crippen LogP contribution < -0.4 is 0 Å². The highest BCUT2D eigenvalue weighted by molar-refractivity contribution is 9.09. The van der Waals surface area contributed by atoms with Crippen molar-refractivity contribution in [3.05, 3.63) is 41.0 Å². The molecule has 0 aromatic heterocycles. The fourth-order valence-electron chi connectivity index (χ4n) is 1.74. The number of halogens is 1. The summed E-state index contributed by atoms with van der Waals surface area (Å²) in [6.07, 6.45) is 3.43. The van der Waals surface area contributed by atoms with Crippen LogP contribution in [0.1, 0.15) is 35.4 Å². The molecule has 0 bridgehead atoms. The molecule has 3 nitrogen and oxygen atoms in total. The number of carbonyl (C=O) groups excluding carboxylic acids is 1. The summed E-state index contributed by atoms with van der Waals surface area (Å²) in [6.45, 7) is 3.50. The van der Waals surface area contributed by atoms with E-state index in [2.05, 4.69) is 15.9 Å². The number of hydrogen-bond donors (Lipinski definition) is 1. The molecule has 1 N–H and O–H groups in total. The van der Waals surface area contributed by atoms with Gasteiger partial charge in [0.05, 0.1) is 4.83 Å². The van der Waals surface area contributed by atoms with Crippen molar-refractivity contribution in [3.8, 4) is 0 Å². The Labute approximate surface area is 115 Å². The second-order valence-corrected chi connectivity index (χ2v) is 4.83. The first-order chi connectivity index (χ1) is 8.47. The van der Waals surface area contributed by atoms with Crippen LogP contribution in [-0.2, 0) is 16.0 Å². The van der Waals surface area contributed by atoms with Gasteiger partial charge in [-0.2, -0.15) is 0 Å². The van der Waals surface area contributed by atoms with Crippen LogP contribution in [0.2, 0.25) is 0 Å². The number of carboxylic acid groups (broad SMARTS) is 1. The summed E-state index contributed by atoms with van der Waals surface area (Å²) < 4.78 is 0. The molecule has 1 rings (SSSR count). The summed E-state index contributed by atoms with van der Waals surface area (Å²) in [4.78, 5) is 21.7. The standard InChI is InChI=1S/C14H15BrO3/c1-3-10-5-4-6-12(14(15)9(2)16)11(10)7-8-13(17)18/h4-8,14H,3H2,1-2H3,(H,17,18). The summed E-state index contributed by atoms with van der Waals surface area (Å²) in [7, 11) is 0. The molecular weight excluding hydrogens is 296 g/mol. The summed E-state index contributed by atoms with van der Waals surface area (Å²) in [5.74, 6) is -1.01. The molecule has 96 valence electrons. The average Bonchev–Trinajstić information content (AvgIpc) is 2.34. The molecule has 4 heteroatoms. The fourth-order valence-corrected chi connectivity index (χ4v) is 2.14. The van der Waals surface area contributed by atoms with Gasteiger partial charge in [0.2, 0.25) is 0 Å². The van der Waals surface area contributed by atoms with E-state index in [0.717, 1.165) is 29.2 Å². The summed E-state index contributed by atoms with van der Waals surface area (Å²) >= 11 is 3.34. The van der Waals surface area contributed by atoms with Gasteiger partial charge in [0, 0.05) is 6.08 Å². The van der Waals surface area contributed by atoms with Crippen molar-refractivity contribution >= 4 is 33.8 Å². The van der Waals surface area contributed by atoms with E-state index < -0.39 is 10.8 Å². The van der Waals surface area contributed by atoms with Crippen LogP contribution in [0, 0.1) is 0 Å². The van der Waals surface area contributed by atoms with Gasteiger partial charge in [-0.05, 0) is 36.1 Å². The lowest BCUT2D eigenvalue weighted by atomic mass is 9.95. The molecule has 1 aromatic rings. The molecule has 0 amide bonds. The lowest BCUT2D eigenvalue weighted by Crippen LogP contribution is -2.05. The van der Waals surface area contributed by atoms with Gasteiger partial charge in [-0.15, -0.1) is 0 Å². The largest absolute Gasteiger partial charge is 0.478 e. The molecule has 0 fully saturated rings. The number of Topliss-reactive ketones (excluding diaryl/α,β-unsaturated/α-hetero) is 1. The number of benzene rings is 1. The predicted molar refractivity (Wildman–Crippen MR) is 74.8 cm³/mol. The Bertz CT molecular complexity index is 492. The third kappa shape index (κ3) is 3.53. The van der Waals surface area contributed by atoms with Crippen LogP contribution in [0.3, 0.4) is 0 Å². The molecular formula is C14H15BrO3. The van der Waals surface area contributed by atoms with Gasteiger partial charge in [0.25, 0.3) is 0 Å². The molecule has 1 atom stereocenters. The Hall–Kier alpha value is -1.42. The van der Waals surface area contributed by atoms with Crippen LogP contribution >= 0.6 is 15.9 Å². The van der Waals surface area contributed by atoms with Crippen LogP contribution in [0.5, 0.6) is 0 Å². The topological polar surface area (TPSA) is 54.4 Å². The maximum Gasteiger partial charge on any atom is 0.328 e. The summed E-state index contributed by atoms with van der Waals surface area (Å²) in [5.41, 5.74) is 2.63. The Morgan fingerprint density at radius 1 is 1.44 bits per heavy atom. The van der Waals surface area contributed by atoms with Crippen molar-refractivity contribution in [2.75, 3.05) is 0 Å². The lowest BCUT2D eigenvalue weighted by molar-refractivity contribution is -0.131. The zero-order valence-electron chi connectivity index (χ0n) is 10.3. The molecule has 0 saturated carbocycles. The summed E-state index contributed by atoms with van der Waals surface area (Å²) in [5, 5.41) is 8.71. The molecule has 0 saturated heterocycles. The van der Waals surface area contributed by atoms with E-state index in [4.69, 9.17) is 5.11 Å². The van der Waals surface area contributed by atoms with Gasteiger partial charge in [0.15, 0.2) is 0 Å². The van der Waals surface area contributed by atoms with E-state index in [9.17, 15) is 9.59 Å². The van der Waals surface area contributed by atoms with Crippen molar-refractivity contribution in [2.24, 2.45) is 0 Å². The van der Waals surface area contributed by atoms with Gasteiger partial charge in [-0.1, -0.05) is 41.1 Å². The Kier molecular flexibility index (Phi) is 5.28. The second kappa shape index (κ2) is 6.50. The smallest absolute Gasteiger partial charge is 0.328 e. The monoisotopic (exact) mass is 310 g/mol. The SMILES string of the molecule is CCc1cccc(C(Br)C(C)=O)c1C=CC(=O)O. The van der Waals surface area contributed by atoms with E-state index in [-0.39, 0.29) is 5.78 Å². The van der Waals surface area contributed by atoms with Crippen molar-refractivity contribution in [1.82, 2.24) is 0 Å². The highest BCUT2D eigenvalue weighted by atomic mass is 79.9. The molecule has 1 aromatic carbocycles. The minimum absolute atomic E-state index is 0.00627.